The van der Waals surface area contributed by atoms with Crippen molar-refractivity contribution in [2.45, 2.75) is 19.3 Å². The van der Waals surface area contributed by atoms with Crippen LogP contribution in [0, 0.1) is 10.1 Å². The van der Waals surface area contributed by atoms with Crippen LogP contribution in [0.15, 0.2) is 59.7 Å². The first kappa shape index (κ1) is 17.6. The monoisotopic (exact) mass is 349 g/mol. The molecule has 0 amide bonds. The van der Waals surface area contributed by atoms with Gasteiger partial charge in [-0.25, -0.2) is 0 Å². The van der Waals surface area contributed by atoms with E-state index in [2.05, 4.69) is 0 Å². The van der Waals surface area contributed by atoms with Crippen LogP contribution in [0.1, 0.15) is 30.4 Å². The molecule has 0 spiro atoms. The Balaban J connectivity index is 1.93. The zero-order valence-electron chi connectivity index (χ0n) is 14.5. The summed E-state index contributed by atoms with van der Waals surface area (Å²) in [5.74, 6) is 0.690. The fourth-order valence-electron chi connectivity index (χ4n) is 3.07. The normalized spacial score (nSPS) is 17.5. The van der Waals surface area contributed by atoms with Crippen molar-refractivity contribution in [3.05, 3.63) is 80.9 Å². The van der Waals surface area contributed by atoms with Crippen LogP contribution in [-0.4, -0.2) is 17.8 Å². The van der Waals surface area contributed by atoms with Gasteiger partial charge in [-0.15, -0.1) is 0 Å². The maximum atomic E-state index is 12.8. The Labute approximate surface area is 151 Å². The first-order chi connectivity index (χ1) is 12.6. The lowest BCUT2D eigenvalue weighted by molar-refractivity contribution is -0.385. The summed E-state index contributed by atoms with van der Waals surface area (Å²) in [5.41, 5.74) is 2.70. The molecule has 0 atom stereocenters. The third-order valence-corrected chi connectivity index (χ3v) is 4.37. The minimum atomic E-state index is -0.424. The summed E-state index contributed by atoms with van der Waals surface area (Å²) in [6.45, 7) is 0. The summed E-state index contributed by atoms with van der Waals surface area (Å²) in [4.78, 5) is 23.6. The Hall–Kier alpha value is -3.21. The Kier molecular flexibility index (Phi) is 5.27. The number of carbonyl (C=O) groups is 1. The topological polar surface area (TPSA) is 69.4 Å². The Morgan fingerprint density at radius 1 is 1.04 bits per heavy atom. The van der Waals surface area contributed by atoms with E-state index >= 15 is 0 Å². The summed E-state index contributed by atoms with van der Waals surface area (Å²) in [6.07, 6.45) is 5.69. The predicted octanol–water partition coefficient (Wildman–Crippen LogP) is 4.82. The molecule has 1 saturated carbocycles. The third kappa shape index (κ3) is 3.88. The van der Waals surface area contributed by atoms with Crippen molar-refractivity contribution < 1.29 is 14.5 Å². The number of nitro benzene ring substituents is 1. The smallest absolute Gasteiger partial charge is 0.276 e. The molecule has 1 aliphatic carbocycles. The third-order valence-electron chi connectivity index (χ3n) is 4.37. The molecular formula is C21H19NO4. The van der Waals surface area contributed by atoms with Crippen LogP contribution in [0.4, 0.5) is 5.69 Å². The van der Waals surface area contributed by atoms with Crippen LogP contribution in [-0.2, 0) is 4.79 Å². The van der Waals surface area contributed by atoms with E-state index in [-0.39, 0.29) is 11.5 Å². The highest BCUT2D eigenvalue weighted by Crippen LogP contribution is 2.30. The van der Waals surface area contributed by atoms with Gasteiger partial charge >= 0.3 is 0 Å². The number of Topliss-reactive ketones (excluding diaryl/α,β-unsaturated/α-hetero) is 1. The molecule has 0 unspecified atom stereocenters. The van der Waals surface area contributed by atoms with E-state index in [1.165, 1.54) is 6.07 Å². The maximum Gasteiger partial charge on any atom is 0.276 e. The Morgan fingerprint density at radius 2 is 1.77 bits per heavy atom. The van der Waals surface area contributed by atoms with Crippen molar-refractivity contribution >= 4 is 23.6 Å². The highest BCUT2D eigenvalue weighted by Gasteiger charge is 2.22. The SMILES string of the molecule is COc1cccc(/C=C2\CCC/C(=C\c3ccccc3[N+](=O)[O-])C2=O)c1. The zero-order valence-corrected chi connectivity index (χ0v) is 14.5. The summed E-state index contributed by atoms with van der Waals surface area (Å²) in [6, 6.07) is 14.0. The lowest BCUT2D eigenvalue weighted by Gasteiger charge is -2.16. The number of hydrogen-bond donors (Lipinski definition) is 0. The number of nitro groups is 1. The highest BCUT2D eigenvalue weighted by molar-refractivity contribution is 6.14. The molecule has 0 aliphatic heterocycles. The van der Waals surface area contributed by atoms with Crippen LogP contribution in [0.3, 0.4) is 0 Å². The fraction of sp³-hybridized carbons (Fsp3) is 0.190. The minimum absolute atomic E-state index is 0.0108. The van der Waals surface area contributed by atoms with Gasteiger partial charge in [-0.2, -0.15) is 0 Å². The number of hydrogen-bond acceptors (Lipinski definition) is 4. The van der Waals surface area contributed by atoms with Crippen molar-refractivity contribution in [2.24, 2.45) is 0 Å². The second-order valence-electron chi connectivity index (χ2n) is 6.11. The van der Waals surface area contributed by atoms with E-state index in [4.69, 9.17) is 4.74 Å². The van der Waals surface area contributed by atoms with E-state index in [1.54, 1.807) is 31.4 Å². The standard InChI is InChI=1S/C21H19NO4/c1-26-19-10-4-6-15(13-19)12-17-8-5-9-18(21(17)23)14-16-7-2-3-11-20(16)22(24)25/h2-4,6-7,10-14H,5,8-9H2,1H3/b17-12+,18-14+. The summed E-state index contributed by atoms with van der Waals surface area (Å²) in [7, 11) is 1.60. The lowest BCUT2D eigenvalue weighted by Crippen LogP contribution is -2.12. The van der Waals surface area contributed by atoms with Gasteiger partial charge in [0.25, 0.3) is 5.69 Å². The number of benzene rings is 2. The van der Waals surface area contributed by atoms with E-state index in [0.717, 1.165) is 17.7 Å². The van der Waals surface area contributed by atoms with Gasteiger partial charge in [0.15, 0.2) is 5.78 Å². The molecule has 5 nitrogen and oxygen atoms in total. The quantitative estimate of drug-likeness (QED) is 0.451. The van der Waals surface area contributed by atoms with Crippen LogP contribution in [0.25, 0.3) is 12.2 Å². The fourth-order valence-corrected chi connectivity index (χ4v) is 3.07. The van der Waals surface area contributed by atoms with Gasteiger partial charge in [0, 0.05) is 17.2 Å². The number of allylic oxidation sites excluding steroid dienone is 2. The molecule has 26 heavy (non-hydrogen) atoms. The van der Waals surface area contributed by atoms with Crippen molar-refractivity contribution in [3.63, 3.8) is 0 Å². The highest BCUT2D eigenvalue weighted by atomic mass is 16.6. The molecule has 0 heterocycles. The van der Waals surface area contributed by atoms with E-state index in [0.29, 0.717) is 29.6 Å². The van der Waals surface area contributed by atoms with Crippen LogP contribution >= 0.6 is 0 Å². The number of para-hydroxylation sites is 1. The molecule has 1 fully saturated rings. The Bertz CT molecular complexity index is 912. The number of rotatable bonds is 4. The molecule has 0 bridgehead atoms. The van der Waals surface area contributed by atoms with Gasteiger partial charge in [-0.3, -0.25) is 14.9 Å². The van der Waals surface area contributed by atoms with Gasteiger partial charge in [0.05, 0.1) is 17.6 Å². The van der Waals surface area contributed by atoms with E-state index in [1.807, 2.05) is 30.3 Å². The second-order valence-corrected chi connectivity index (χ2v) is 6.11. The number of ketones is 1. The minimum Gasteiger partial charge on any atom is -0.497 e. The van der Waals surface area contributed by atoms with Gasteiger partial charge < -0.3 is 4.74 Å². The number of nitrogens with zero attached hydrogens (tertiary/aromatic N) is 1. The summed E-state index contributed by atoms with van der Waals surface area (Å²) >= 11 is 0. The summed E-state index contributed by atoms with van der Waals surface area (Å²) < 4.78 is 5.22. The molecule has 0 aromatic heterocycles. The average Bonchev–Trinajstić information content (AvgIpc) is 2.65. The molecule has 2 aromatic rings. The molecule has 3 rings (SSSR count). The first-order valence-corrected chi connectivity index (χ1v) is 8.42. The van der Waals surface area contributed by atoms with E-state index < -0.39 is 4.92 Å². The van der Waals surface area contributed by atoms with Crippen molar-refractivity contribution in [1.82, 2.24) is 0 Å². The molecule has 0 saturated heterocycles. The number of ether oxygens (including phenoxy) is 1. The molecule has 2 aromatic carbocycles. The number of methoxy groups -OCH3 is 1. The first-order valence-electron chi connectivity index (χ1n) is 8.42. The average molecular weight is 349 g/mol. The van der Waals surface area contributed by atoms with Gasteiger partial charge in [-0.05, 0) is 55.2 Å². The molecule has 0 N–H and O–H groups in total. The predicted molar refractivity (Wildman–Crippen MR) is 101 cm³/mol. The van der Waals surface area contributed by atoms with Crippen molar-refractivity contribution in [3.8, 4) is 5.75 Å². The lowest BCUT2D eigenvalue weighted by atomic mass is 9.86. The summed E-state index contributed by atoms with van der Waals surface area (Å²) in [5, 5.41) is 11.2. The Morgan fingerprint density at radius 3 is 2.50 bits per heavy atom. The maximum absolute atomic E-state index is 12.8. The van der Waals surface area contributed by atoms with E-state index in [9.17, 15) is 14.9 Å². The molecule has 1 aliphatic rings. The van der Waals surface area contributed by atoms with Crippen LogP contribution in [0.2, 0.25) is 0 Å². The van der Waals surface area contributed by atoms with Crippen molar-refractivity contribution in [1.29, 1.82) is 0 Å². The van der Waals surface area contributed by atoms with Gasteiger partial charge in [-0.1, -0.05) is 24.3 Å². The van der Waals surface area contributed by atoms with Crippen LogP contribution in [0.5, 0.6) is 5.75 Å². The molecule has 5 heteroatoms. The van der Waals surface area contributed by atoms with Crippen LogP contribution < -0.4 is 4.74 Å². The molecular weight excluding hydrogens is 330 g/mol. The number of carbonyl (C=O) groups excluding carboxylic acids is 1. The zero-order chi connectivity index (χ0) is 18.5. The molecule has 132 valence electrons. The van der Waals surface area contributed by atoms with Crippen molar-refractivity contribution in [2.75, 3.05) is 7.11 Å². The largest absolute Gasteiger partial charge is 0.497 e. The second kappa shape index (κ2) is 7.78. The van der Waals surface area contributed by atoms with Gasteiger partial charge in [0.2, 0.25) is 0 Å². The molecule has 0 radical (unpaired) electrons. The van der Waals surface area contributed by atoms with Gasteiger partial charge in [0.1, 0.15) is 5.75 Å².